The van der Waals surface area contributed by atoms with E-state index in [1.165, 1.54) is 6.54 Å². The molecule has 0 N–H and O–H groups in total. The number of nitrogens with zero attached hydrogens (tertiary/aromatic N) is 3. The first kappa shape index (κ1) is 13.8. The Balaban J connectivity index is 1.90. The van der Waals surface area contributed by atoms with Gasteiger partial charge in [0, 0.05) is 58.8 Å². The van der Waals surface area contributed by atoms with Crippen LogP contribution in [0.1, 0.15) is 26.7 Å². The van der Waals surface area contributed by atoms with E-state index in [2.05, 4.69) is 29.7 Å². The van der Waals surface area contributed by atoms with Crippen molar-refractivity contribution < 1.29 is 4.74 Å². The van der Waals surface area contributed by atoms with Crippen LogP contribution in [-0.4, -0.2) is 61.3 Å². The highest BCUT2D eigenvalue weighted by atomic mass is 16.5. The minimum absolute atomic E-state index is 0.248. The van der Waals surface area contributed by atoms with E-state index in [0.29, 0.717) is 0 Å². The SMILES string of the molecule is CC(C)CN1CCN(C2(C#N)CCOCC2)CC1. The monoisotopic (exact) mass is 251 g/mol. The van der Waals surface area contributed by atoms with Gasteiger partial charge in [0.2, 0.25) is 0 Å². The van der Waals surface area contributed by atoms with Gasteiger partial charge in [0.25, 0.3) is 0 Å². The fraction of sp³-hybridized carbons (Fsp3) is 0.929. The van der Waals surface area contributed by atoms with Crippen LogP contribution in [0.5, 0.6) is 0 Å². The van der Waals surface area contributed by atoms with E-state index < -0.39 is 0 Å². The molecular formula is C14H25N3O. The fourth-order valence-electron chi connectivity index (χ4n) is 3.08. The minimum atomic E-state index is -0.248. The molecule has 0 aromatic heterocycles. The highest BCUT2D eigenvalue weighted by Crippen LogP contribution is 2.28. The third kappa shape index (κ3) is 3.03. The first-order valence-electron chi connectivity index (χ1n) is 7.13. The van der Waals surface area contributed by atoms with Crippen LogP contribution in [-0.2, 0) is 4.74 Å². The van der Waals surface area contributed by atoms with Gasteiger partial charge in [-0.15, -0.1) is 0 Å². The van der Waals surface area contributed by atoms with Crippen molar-refractivity contribution in [3.8, 4) is 6.07 Å². The molecule has 0 amide bonds. The maximum Gasteiger partial charge on any atom is 0.113 e. The third-order valence-corrected chi connectivity index (χ3v) is 4.13. The van der Waals surface area contributed by atoms with Crippen molar-refractivity contribution in [3.05, 3.63) is 0 Å². The molecule has 0 bridgehead atoms. The largest absolute Gasteiger partial charge is 0.381 e. The van der Waals surface area contributed by atoms with Crippen LogP contribution >= 0.6 is 0 Å². The predicted octanol–water partition coefficient (Wildman–Crippen LogP) is 1.33. The molecule has 2 heterocycles. The van der Waals surface area contributed by atoms with Gasteiger partial charge in [-0.1, -0.05) is 13.8 Å². The van der Waals surface area contributed by atoms with Crippen molar-refractivity contribution in [1.82, 2.24) is 9.80 Å². The van der Waals surface area contributed by atoms with Crippen molar-refractivity contribution in [3.63, 3.8) is 0 Å². The summed E-state index contributed by atoms with van der Waals surface area (Å²) >= 11 is 0. The Hall–Kier alpha value is -0.630. The Kier molecular flexibility index (Phi) is 4.60. The third-order valence-electron chi connectivity index (χ3n) is 4.13. The van der Waals surface area contributed by atoms with Gasteiger partial charge < -0.3 is 9.64 Å². The van der Waals surface area contributed by atoms with E-state index in [1.807, 2.05) is 0 Å². The van der Waals surface area contributed by atoms with Crippen molar-refractivity contribution >= 4 is 0 Å². The average Bonchev–Trinajstić information content (AvgIpc) is 2.39. The second kappa shape index (κ2) is 6.01. The van der Waals surface area contributed by atoms with Crippen molar-refractivity contribution in [1.29, 1.82) is 5.26 Å². The standard InChI is InChI=1S/C14H25N3O/c1-13(2)11-16-5-7-17(8-6-16)14(12-15)3-9-18-10-4-14/h13H,3-11H2,1-2H3. The summed E-state index contributed by atoms with van der Waals surface area (Å²) in [6, 6.07) is 2.57. The van der Waals surface area contributed by atoms with Crippen LogP contribution in [0.25, 0.3) is 0 Å². The lowest BCUT2D eigenvalue weighted by molar-refractivity contribution is -0.0202. The molecule has 0 spiro atoms. The van der Waals surface area contributed by atoms with E-state index in [4.69, 9.17) is 4.74 Å². The topological polar surface area (TPSA) is 39.5 Å². The second-order valence-corrected chi connectivity index (χ2v) is 5.94. The predicted molar refractivity (Wildman–Crippen MR) is 71.2 cm³/mol. The van der Waals surface area contributed by atoms with Gasteiger partial charge in [0.05, 0.1) is 6.07 Å². The molecule has 0 aromatic rings. The smallest absolute Gasteiger partial charge is 0.113 e. The van der Waals surface area contributed by atoms with Crippen LogP contribution in [0.2, 0.25) is 0 Å². The van der Waals surface area contributed by atoms with Crippen LogP contribution in [0.15, 0.2) is 0 Å². The molecule has 0 saturated carbocycles. The van der Waals surface area contributed by atoms with E-state index >= 15 is 0 Å². The maximum absolute atomic E-state index is 9.54. The zero-order valence-corrected chi connectivity index (χ0v) is 11.7. The van der Waals surface area contributed by atoms with Crippen molar-refractivity contribution in [2.24, 2.45) is 5.92 Å². The van der Waals surface area contributed by atoms with E-state index in [-0.39, 0.29) is 5.54 Å². The summed E-state index contributed by atoms with van der Waals surface area (Å²) in [6.45, 7) is 11.4. The fourth-order valence-corrected chi connectivity index (χ4v) is 3.08. The van der Waals surface area contributed by atoms with Crippen LogP contribution in [0.3, 0.4) is 0 Å². The summed E-state index contributed by atoms with van der Waals surface area (Å²) in [5.74, 6) is 0.726. The van der Waals surface area contributed by atoms with E-state index in [9.17, 15) is 5.26 Å². The van der Waals surface area contributed by atoms with Crippen molar-refractivity contribution in [2.75, 3.05) is 45.9 Å². The molecule has 0 aromatic carbocycles. The molecule has 0 aliphatic carbocycles. The summed E-state index contributed by atoms with van der Waals surface area (Å²) in [4.78, 5) is 4.91. The Labute approximate surface area is 110 Å². The van der Waals surface area contributed by atoms with E-state index in [0.717, 1.165) is 58.2 Å². The molecule has 102 valence electrons. The van der Waals surface area contributed by atoms with Gasteiger partial charge in [-0.05, 0) is 5.92 Å². The lowest BCUT2D eigenvalue weighted by Gasteiger charge is -2.45. The number of piperazine rings is 1. The maximum atomic E-state index is 9.54. The van der Waals surface area contributed by atoms with Gasteiger partial charge in [0.15, 0.2) is 0 Å². The highest BCUT2D eigenvalue weighted by molar-refractivity contribution is 5.10. The van der Waals surface area contributed by atoms with Gasteiger partial charge in [-0.2, -0.15) is 5.26 Å². The Morgan fingerprint density at radius 1 is 1.17 bits per heavy atom. The van der Waals surface area contributed by atoms with Crippen molar-refractivity contribution in [2.45, 2.75) is 32.2 Å². The normalized spacial score (nSPS) is 26.1. The zero-order valence-electron chi connectivity index (χ0n) is 11.7. The summed E-state index contributed by atoms with van der Waals surface area (Å²) in [5.41, 5.74) is -0.248. The Bertz CT molecular complexity index is 297. The van der Waals surface area contributed by atoms with Crippen LogP contribution in [0.4, 0.5) is 0 Å². The van der Waals surface area contributed by atoms with Gasteiger partial charge in [-0.3, -0.25) is 4.90 Å². The molecule has 18 heavy (non-hydrogen) atoms. The molecular weight excluding hydrogens is 226 g/mol. The van der Waals surface area contributed by atoms with Gasteiger partial charge in [-0.25, -0.2) is 0 Å². The number of rotatable bonds is 3. The molecule has 4 heteroatoms. The number of hydrogen-bond acceptors (Lipinski definition) is 4. The number of hydrogen-bond donors (Lipinski definition) is 0. The molecule has 0 atom stereocenters. The van der Waals surface area contributed by atoms with Gasteiger partial charge >= 0.3 is 0 Å². The first-order valence-corrected chi connectivity index (χ1v) is 7.13. The number of ether oxygens (including phenoxy) is 1. The molecule has 2 aliphatic heterocycles. The summed E-state index contributed by atoms with van der Waals surface area (Å²) in [5, 5.41) is 9.54. The summed E-state index contributed by atoms with van der Waals surface area (Å²) < 4.78 is 5.40. The molecule has 0 radical (unpaired) electrons. The van der Waals surface area contributed by atoms with Crippen LogP contribution in [0, 0.1) is 17.2 Å². The zero-order chi connectivity index (χ0) is 13.0. The lowest BCUT2D eigenvalue weighted by atomic mass is 9.89. The molecule has 2 rings (SSSR count). The molecule has 0 unspecified atom stereocenters. The van der Waals surface area contributed by atoms with Crippen LogP contribution < -0.4 is 0 Å². The molecule has 2 aliphatic rings. The molecule has 2 saturated heterocycles. The number of nitriles is 1. The highest BCUT2D eigenvalue weighted by Gasteiger charge is 2.39. The second-order valence-electron chi connectivity index (χ2n) is 5.94. The average molecular weight is 251 g/mol. The van der Waals surface area contributed by atoms with Gasteiger partial charge in [0.1, 0.15) is 5.54 Å². The first-order chi connectivity index (χ1) is 8.66. The molecule has 4 nitrogen and oxygen atoms in total. The Morgan fingerprint density at radius 2 is 1.78 bits per heavy atom. The quantitative estimate of drug-likeness (QED) is 0.759. The molecule has 2 fully saturated rings. The lowest BCUT2D eigenvalue weighted by Crippen LogP contribution is -2.58. The minimum Gasteiger partial charge on any atom is -0.381 e. The Morgan fingerprint density at radius 3 is 2.28 bits per heavy atom. The summed E-state index contributed by atoms with van der Waals surface area (Å²) in [6.07, 6.45) is 1.74. The van der Waals surface area contributed by atoms with E-state index in [1.54, 1.807) is 0 Å². The summed E-state index contributed by atoms with van der Waals surface area (Å²) in [7, 11) is 0.